The second-order valence-electron chi connectivity index (χ2n) is 7.85. The molecule has 10 nitrogen and oxygen atoms in total. The van der Waals surface area contributed by atoms with Crippen molar-refractivity contribution in [2.75, 3.05) is 0 Å². The summed E-state index contributed by atoms with van der Waals surface area (Å²) in [6.45, 7) is 3.50. The molecule has 1 aromatic carbocycles. The van der Waals surface area contributed by atoms with E-state index in [-0.39, 0.29) is 11.5 Å². The van der Waals surface area contributed by atoms with E-state index in [1.807, 2.05) is 7.05 Å². The Morgan fingerprint density at radius 2 is 2.09 bits per heavy atom. The Morgan fingerprint density at radius 1 is 1.24 bits per heavy atom. The first kappa shape index (κ1) is 21.1. The number of carbonyl (C=O) groups excluding carboxylic acids is 1. The SMILES string of the molecule is Cc1nn2cccnc2c1C(=O)N[C@H](C)c1nc2cccc(C#Cc3cnn(C)c3)c2c(=O)[nH]1. The summed E-state index contributed by atoms with van der Waals surface area (Å²) in [5.41, 5.74) is 2.86. The van der Waals surface area contributed by atoms with Gasteiger partial charge in [-0.1, -0.05) is 17.9 Å². The van der Waals surface area contributed by atoms with Gasteiger partial charge in [0.2, 0.25) is 0 Å². The number of hydrogen-bond donors (Lipinski definition) is 2. The van der Waals surface area contributed by atoms with Gasteiger partial charge in [0.1, 0.15) is 11.4 Å². The third-order valence-corrected chi connectivity index (χ3v) is 5.35. The minimum atomic E-state index is -0.562. The van der Waals surface area contributed by atoms with Gasteiger partial charge in [-0.25, -0.2) is 14.5 Å². The van der Waals surface area contributed by atoms with Gasteiger partial charge in [0.25, 0.3) is 11.5 Å². The van der Waals surface area contributed by atoms with Gasteiger partial charge in [-0.2, -0.15) is 10.2 Å². The van der Waals surface area contributed by atoms with Crippen molar-refractivity contribution in [2.45, 2.75) is 19.9 Å². The number of nitrogens with one attached hydrogen (secondary N) is 2. The Kier molecular flexibility index (Phi) is 5.14. The summed E-state index contributed by atoms with van der Waals surface area (Å²) in [5, 5.41) is 11.7. The zero-order valence-electron chi connectivity index (χ0n) is 18.7. The molecule has 0 fully saturated rings. The van der Waals surface area contributed by atoms with Crippen LogP contribution in [0.25, 0.3) is 16.6 Å². The number of carbonyl (C=O) groups is 1. The van der Waals surface area contributed by atoms with Crippen LogP contribution in [0.15, 0.2) is 53.8 Å². The van der Waals surface area contributed by atoms with Crippen LogP contribution in [0, 0.1) is 18.8 Å². The zero-order chi connectivity index (χ0) is 23.8. The molecule has 0 aliphatic rings. The molecule has 0 saturated heterocycles. The molecule has 10 heteroatoms. The van der Waals surface area contributed by atoms with E-state index in [9.17, 15) is 9.59 Å². The monoisotopic (exact) mass is 452 g/mol. The Bertz CT molecular complexity index is 1680. The van der Waals surface area contributed by atoms with Crippen LogP contribution in [0.5, 0.6) is 0 Å². The number of aryl methyl sites for hydroxylation is 2. The van der Waals surface area contributed by atoms with Crippen molar-refractivity contribution >= 4 is 22.5 Å². The van der Waals surface area contributed by atoms with E-state index in [0.29, 0.717) is 39.2 Å². The van der Waals surface area contributed by atoms with E-state index in [1.165, 1.54) is 0 Å². The summed E-state index contributed by atoms with van der Waals surface area (Å²) in [6, 6.07) is 6.49. The fourth-order valence-electron chi connectivity index (χ4n) is 3.74. The number of hydrogen-bond acceptors (Lipinski definition) is 6. The lowest BCUT2D eigenvalue weighted by Gasteiger charge is -2.14. The van der Waals surface area contributed by atoms with Crippen molar-refractivity contribution in [2.24, 2.45) is 7.05 Å². The number of aromatic amines is 1. The Morgan fingerprint density at radius 3 is 2.88 bits per heavy atom. The van der Waals surface area contributed by atoms with E-state index < -0.39 is 6.04 Å². The molecule has 0 radical (unpaired) electrons. The molecule has 0 aliphatic heterocycles. The zero-order valence-corrected chi connectivity index (χ0v) is 18.7. The molecule has 0 bridgehead atoms. The number of rotatable bonds is 3. The number of benzene rings is 1. The standard InChI is InChI=1S/C24H20N8O2/c1-14-19(22-25-10-5-11-32(22)30-14)23(33)27-15(2)21-28-18-7-4-6-17(20(18)24(34)29-21)9-8-16-12-26-31(3)13-16/h4-7,10-13,15H,1-3H3,(H,27,33)(H,28,29,34)/t15-/m1/s1. The predicted molar refractivity (Wildman–Crippen MR) is 125 cm³/mol. The van der Waals surface area contributed by atoms with Crippen LogP contribution in [0.4, 0.5) is 0 Å². The molecular formula is C24H20N8O2. The van der Waals surface area contributed by atoms with Gasteiger partial charge in [0.15, 0.2) is 5.65 Å². The first-order chi connectivity index (χ1) is 16.4. The predicted octanol–water partition coefficient (Wildman–Crippen LogP) is 1.90. The number of amides is 1. The second-order valence-corrected chi connectivity index (χ2v) is 7.85. The summed E-state index contributed by atoms with van der Waals surface area (Å²) >= 11 is 0. The number of H-pyrrole nitrogens is 1. The van der Waals surface area contributed by atoms with Crippen molar-refractivity contribution < 1.29 is 4.79 Å². The molecule has 1 amide bonds. The summed E-state index contributed by atoms with van der Waals surface area (Å²) in [4.78, 5) is 37.6. The van der Waals surface area contributed by atoms with Crippen LogP contribution >= 0.6 is 0 Å². The number of aromatic nitrogens is 7. The molecular weight excluding hydrogens is 432 g/mol. The van der Waals surface area contributed by atoms with E-state index in [4.69, 9.17) is 0 Å². The Balaban J connectivity index is 1.46. The lowest BCUT2D eigenvalue weighted by atomic mass is 10.1. The van der Waals surface area contributed by atoms with Crippen molar-refractivity contribution in [3.63, 3.8) is 0 Å². The molecule has 0 aliphatic carbocycles. The maximum Gasteiger partial charge on any atom is 0.260 e. The van der Waals surface area contributed by atoms with Crippen molar-refractivity contribution in [1.82, 2.24) is 39.7 Å². The highest BCUT2D eigenvalue weighted by atomic mass is 16.2. The largest absolute Gasteiger partial charge is 0.342 e. The Labute approximate surface area is 193 Å². The summed E-state index contributed by atoms with van der Waals surface area (Å²) < 4.78 is 3.22. The maximum absolute atomic E-state index is 13.0. The lowest BCUT2D eigenvalue weighted by Crippen LogP contribution is -2.30. The minimum absolute atomic E-state index is 0.328. The van der Waals surface area contributed by atoms with Crippen LogP contribution in [0.1, 0.15) is 46.0 Å². The van der Waals surface area contributed by atoms with Gasteiger partial charge >= 0.3 is 0 Å². The normalized spacial score (nSPS) is 11.9. The molecule has 1 atom stereocenters. The molecule has 4 aromatic heterocycles. The highest BCUT2D eigenvalue weighted by Gasteiger charge is 2.21. The molecule has 34 heavy (non-hydrogen) atoms. The van der Waals surface area contributed by atoms with Crippen LogP contribution in [0.3, 0.4) is 0 Å². The maximum atomic E-state index is 13.0. The smallest absolute Gasteiger partial charge is 0.260 e. The average Bonchev–Trinajstić information content (AvgIpc) is 3.38. The van der Waals surface area contributed by atoms with Crippen molar-refractivity contribution in [3.05, 3.63) is 87.6 Å². The molecule has 168 valence electrons. The molecule has 4 heterocycles. The first-order valence-corrected chi connectivity index (χ1v) is 10.5. The van der Waals surface area contributed by atoms with Crippen molar-refractivity contribution in [3.8, 4) is 11.8 Å². The third kappa shape index (κ3) is 3.80. The van der Waals surface area contributed by atoms with Gasteiger partial charge < -0.3 is 10.3 Å². The van der Waals surface area contributed by atoms with Crippen LogP contribution in [-0.4, -0.2) is 40.3 Å². The van der Waals surface area contributed by atoms with Crippen molar-refractivity contribution in [1.29, 1.82) is 0 Å². The van der Waals surface area contributed by atoms with Gasteiger partial charge in [0.05, 0.1) is 34.4 Å². The summed E-state index contributed by atoms with van der Waals surface area (Å²) in [6.07, 6.45) is 6.79. The van der Waals surface area contributed by atoms with Gasteiger partial charge in [-0.15, -0.1) is 0 Å². The number of nitrogens with zero attached hydrogens (tertiary/aromatic N) is 6. The fraction of sp³-hybridized carbons (Fsp3) is 0.167. The van der Waals surface area contributed by atoms with E-state index in [2.05, 4.69) is 42.3 Å². The highest BCUT2D eigenvalue weighted by molar-refractivity contribution is 6.01. The minimum Gasteiger partial charge on any atom is -0.342 e. The van der Waals surface area contributed by atoms with Crippen LogP contribution in [0.2, 0.25) is 0 Å². The second kappa shape index (κ2) is 8.29. The van der Waals surface area contributed by atoms with Gasteiger partial charge in [-0.3, -0.25) is 14.3 Å². The van der Waals surface area contributed by atoms with E-state index in [0.717, 1.165) is 5.56 Å². The Hall–Kier alpha value is -4.78. The number of fused-ring (bicyclic) bond motifs is 2. The lowest BCUT2D eigenvalue weighted by molar-refractivity contribution is 0.0939. The summed E-state index contributed by atoms with van der Waals surface area (Å²) in [5.74, 6) is 6.04. The van der Waals surface area contributed by atoms with E-state index >= 15 is 0 Å². The quantitative estimate of drug-likeness (QED) is 0.403. The average molecular weight is 452 g/mol. The molecule has 0 saturated carbocycles. The van der Waals surface area contributed by atoms with E-state index in [1.54, 1.807) is 72.1 Å². The highest BCUT2D eigenvalue weighted by Crippen LogP contribution is 2.17. The topological polar surface area (TPSA) is 123 Å². The van der Waals surface area contributed by atoms with Crippen LogP contribution < -0.4 is 10.9 Å². The third-order valence-electron chi connectivity index (χ3n) is 5.35. The van der Waals surface area contributed by atoms with Gasteiger partial charge in [-0.05, 0) is 32.0 Å². The van der Waals surface area contributed by atoms with Crippen LogP contribution in [-0.2, 0) is 7.05 Å². The molecule has 0 spiro atoms. The molecule has 0 unspecified atom stereocenters. The molecule has 5 aromatic rings. The first-order valence-electron chi connectivity index (χ1n) is 10.5. The summed E-state index contributed by atoms with van der Waals surface area (Å²) in [7, 11) is 1.81. The molecule has 2 N–H and O–H groups in total. The fourth-order valence-corrected chi connectivity index (χ4v) is 3.74. The molecule has 5 rings (SSSR count). The van der Waals surface area contributed by atoms with Gasteiger partial charge in [0, 0.05) is 31.2 Å².